The Bertz CT molecular complexity index is 276. The molecule has 0 fully saturated rings. The molecular formula is C10H14BrNO. The molecule has 13 heavy (non-hydrogen) atoms. The van der Waals surface area contributed by atoms with Crippen LogP contribution in [0.25, 0.3) is 0 Å². The molecule has 0 saturated carbocycles. The lowest BCUT2D eigenvalue weighted by atomic mass is 10.2. The maximum atomic E-state index is 5.25. The van der Waals surface area contributed by atoms with E-state index >= 15 is 0 Å². The number of methoxy groups -OCH3 is 1. The van der Waals surface area contributed by atoms with Crippen molar-refractivity contribution >= 4 is 15.9 Å². The molecule has 0 aliphatic carbocycles. The van der Waals surface area contributed by atoms with Crippen LogP contribution in [0.1, 0.15) is 12.5 Å². The van der Waals surface area contributed by atoms with Crippen LogP contribution in [0.5, 0.6) is 5.75 Å². The van der Waals surface area contributed by atoms with Crippen LogP contribution in [0.2, 0.25) is 0 Å². The standard InChI is InChI=1S/C10H14BrNO/c1-3-12-7-8-4-5-9(11)6-10(8)13-2/h4-6,12H,3,7H2,1-2H3. The van der Waals surface area contributed by atoms with Crippen LogP contribution in [-0.2, 0) is 6.54 Å². The average molecular weight is 244 g/mol. The van der Waals surface area contributed by atoms with Crippen molar-refractivity contribution in [3.8, 4) is 5.75 Å². The molecule has 0 spiro atoms. The van der Waals surface area contributed by atoms with Gasteiger partial charge in [0.2, 0.25) is 0 Å². The van der Waals surface area contributed by atoms with Crippen LogP contribution in [0.4, 0.5) is 0 Å². The lowest BCUT2D eigenvalue weighted by Gasteiger charge is -2.08. The van der Waals surface area contributed by atoms with Crippen LogP contribution in [-0.4, -0.2) is 13.7 Å². The third-order valence-electron chi connectivity index (χ3n) is 1.81. The minimum absolute atomic E-state index is 0.854. The highest BCUT2D eigenvalue weighted by molar-refractivity contribution is 9.10. The quantitative estimate of drug-likeness (QED) is 0.878. The van der Waals surface area contributed by atoms with E-state index in [0.717, 1.165) is 23.3 Å². The molecule has 1 aromatic carbocycles. The van der Waals surface area contributed by atoms with Gasteiger partial charge >= 0.3 is 0 Å². The fraction of sp³-hybridized carbons (Fsp3) is 0.400. The van der Waals surface area contributed by atoms with Crippen molar-refractivity contribution in [3.63, 3.8) is 0 Å². The molecular weight excluding hydrogens is 230 g/mol. The van der Waals surface area contributed by atoms with Crippen molar-refractivity contribution in [3.05, 3.63) is 28.2 Å². The van der Waals surface area contributed by atoms with Crippen LogP contribution >= 0.6 is 15.9 Å². The van der Waals surface area contributed by atoms with Crippen molar-refractivity contribution in [2.45, 2.75) is 13.5 Å². The predicted molar refractivity (Wildman–Crippen MR) is 58.1 cm³/mol. The van der Waals surface area contributed by atoms with Crippen LogP contribution in [0.3, 0.4) is 0 Å². The van der Waals surface area contributed by atoms with E-state index in [-0.39, 0.29) is 0 Å². The normalized spacial score (nSPS) is 10.1. The fourth-order valence-corrected chi connectivity index (χ4v) is 1.46. The maximum absolute atomic E-state index is 5.25. The van der Waals surface area contributed by atoms with Gasteiger partial charge in [-0.05, 0) is 18.7 Å². The second kappa shape index (κ2) is 5.25. The monoisotopic (exact) mass is 243 g/mol. The Morgan fingerprint density at radius 3 is 2.85 bits per heavy atom. The molecule has 1 aromatic rings. The summed E-state index contributed by atoms with van der Waals surface area (Å²) in [5.74, 6) is 0.926. The number of nitrogens with one attached hydrogen (secondary N) is 1. The molecule has 0 amide bonds. The van der Waals surface area contributed by atoms with Crippen molar-refractivity contribution in [1.29, 1.82) is 0 Å². The largest absolute Gasteiger partial charge is 0.496 e. The van der Waals surface area contributed by atoms with Crippen molar-refractivity contribution in [2.24, 2.45) is 0 Å². The molecule has 0 saturated heterocycles. The van der Waals surface area contributed by atoms with Gasteiger partial charge < -0.3 is 10.1 Å². The summed E-state index contributed by atoms with van der Waals surface area (Å²) < 4.78 is 6.30. The van der Waals surface area contributed by atoms with Gasteiger partial charge in [0.15, 0.2) is 0 Å². The smallest absolute Gasteiger partial charge is 0.124 e. The zero-order valence-corrected chi connectivity index (χ0v) is 9.52. The van der Waals surface area contributed by atoms with E-state index in [1.807, 2.05) is 12.1 Å². The van der Waals surface area contributed by atoms with Crippen LogP contribution in [0.15, 0.2) is 22.7 Å². The van der Waals surface area contributed by atoms with Gasteiger partial charge in [0, 0.05) is 16.6 Å². The first-order valence-corrected chi connectivity index (χ1v) is 5.10. The zero-order chi connectivity index (χ0) is 9.68. The molecule has 1 N–H and O–H groups in total. The minimum Gasteiger partial charge on any atom is -0.496 e. The number of hydrogen-bond donors (Lipinski definition) is 1. The fourth-order valence-electron chi connectivity index (χ4n) is 1.12. The average Bonchev–Trinajstić information content (AvgIpc) is 2.16. The number of ether oxygens (including phenoxy) is 1. The molecule has 0 aliphatic rings. The first-order valence-electron chi connectivity index (χ1n) is 4.31. The summed E-state index contributed by atoms with van der Waals surface area (Å²) in [5.41, 5.74) is 1.19. The molecule has 0 atom stereocenters. The Labute approximate surface area is 87.4 Å². The van der Waals surface area contributed by atoms with Gasteiger partial charge in [-0.15, -0.1) is 0 Å². The molecule has 2 nitrogen and oxygen atoms in total. The van der Waals surface area contributed by atoms with Gasteiger partial charge in [-0.1, -0.05) is 28.9 Å². The summed E-state index contributed by atoms with van der Waals surface area (Å²) in [6, 6.07) is 6.06. The van der Waals surface area contributed by atoms with E-state index in [1.54, 1.807) is 7.11 Å². The van der Waals surface area contributed by atoms with Gasteiger partial charge in [0.05, 0.1) is 7.11 Å². The molecule has 0 bridgehead atoms. The Kier molecular flexibility index (Phi) is 4.25. The molecule has 0 aromatic heterocycles. The Balaban J connectivity index is 2.79. The molecule has 0 unspecified atom stereocenters. The summed E-state index contributed by atoms with van der Waals surface area (Å²) in [6.45, 7) is 3.91. The highest BCUT2D eigenvalue weighted by Gasteiger charge is 2.01. The van der Waals surface area contributed by atoms with E-state index < -0.39 is 0 Å². The van der Waals surface area contributed by atoms with E-state index in [4.69, 9.17) is 4.74 Å². The van der Waals surface area contributed by atoms with Crippen LogP contribution in [0, 0.1) is 0 Å². The van der Waals surface area contributed by atoms with Crippen molar-refractivity contribution in [2.75, 3.05) is 13.7 Å². The topological polar surface area (TPSA) is 21.3 Å². The number of halogens is 1. The lowest BCUT2D eigenvalue weighted by Crippen LogP contribution is -2.12. The Hall–Kier alpha value is -0.540. The molecule has 0 radical (unpaired) electrons. The van der Waals surface area contributed by atoms with E-state index in [0.29, 0.717) is 0 Å². The molecule has 0 heterocycles. The third-order valence-corrected chi connectivity index (χ3v) is 2.31. The summed E-state index contributed by atoms with van der Waals surface area (Å²) >= 11 is 3.40. The zero-order valence-electron chi connectivity index (χ0n) is 7.93. The minimum atomic E-state index is 0.854. The summed E-state index contributed by atoms with van der Waals surface area (Å²) in [7, 11) is 1.69. The van der Waals surface area contributed by atoms with E-state index in [1.165, 1.54) is 5.56 Å². The summed E-state index contributed by atoms with van der Waals surface area (Å²) in [4.78, 5) is 0. The molecule has 0 aliphatic heterocycles. The van der Waals surface area contributed by atoms with E-state index in [9.17, 15) is 0 Å². The summed E-state index contributed by atoms with van der Waals surface area (Å²) in [5, 5.41) is 3.26. The Morgan fingerprint density at radius 1 is 1.46 bits per heavy atom. The second-order valence-electron chi connectivity index (χ2n) is 2.74. The first-order chi connectivity index (χ1) is 6.27. The molecule has 72 valence electrons. The summed E-state index contributed by atoms with van der Waals surface area (Å²) in [6.07, 6.45) is 0. The van der Waals surface area contributed by atoms with Crippen LogP contribution < -0.4 is 10.1 Å². The highest BCUT2D eigenvalue weighted by atomic mass is 79.9. The number of hydrogen-bond acceptors (Lipinski definition) is 2. The van der Waals surface area contributed by atoms with Crippen molar-refractivity contribution in [1.82, 2.24) is 5.32 Å². The second-order valence-corrected chi connectivity index (χ2v) is 3.65. The predicted octanol–water partition coefficient (Wildman–Crippen LogP) is 2.57. The third kappa shape index (κ3) is 3.01. The maximum Gasteiger partial charge on any atom is 0.124 e. The Morgan fingerprint density at radius 2 is 2.23 bits per heavy atom. The van der Waals surface area contributed by atoms with Gasteiger partial charge in [-0.25, -0.2) is 0 Å². The van der Waals surface area contributed by atoms with Crippen molar-refractivity contribution < 1.29 is 4.74 Å². The van der Waals surface area contributed by atoms with Gasteiger partial charge in [-0.2, -0.15) is 0 Å². The number of rotatable bonds is 4. The number of benzene rings is 1. The highest BCUT2D eigenvalue weighted by Crippen LogP contribution is 2.23. The van der Waals surface area contributed by atoms with Gasteiger partial charge in [0.1, 0.15) is 5.75 Å². The molecule has 1 rings (SSSR count). The molecule has 3 heteroatoms. The lowest BCUT2D eigenvalue weighted by molar-refractivity contribution is 0.407. The van der Waals surface area contributed by atoms with E-state index in [2.05, 4.69) is 34.2 Å². The first kappa shape index (κ1) is 10.5. The SMILES string of the molecule is CCNCc1ccc(Br)cc1OC. The van der Waals surface area contributed by atoms with Gasteiger partial charge in [0.25, 0.3) is 0 Å². The van der Waals surface area contributed by atoms with Gasteiger partial charge in [-0.3, -0.25) is 0 Å².